The van der Waals surface area contributed by atoms with Crippen LogP contribution in [0.5, 0.6) is 5.75 Å². The van der Waals surface area contributed by atoms with Crippen LogP contribution in [0.2, 0.25) is 0 Å². The van der Waals surface area contributed by atoms with Crippen LogP contribution in [0.3, 0.4) is 0 Å². The Kier molecular flexibility index (Phi) is 5.03. The summed E-state index contributed by atoms with van der Waals surface area (Å²) in [4.78, 5) is 32.4. The van der Waals surface area contributed by atoms with E-state index in [2.05, 4.69) is 15.5 Å². The van der Waals surface area contributed by atoms with Crippen molar-refractivity contribution >= 4 is 34.6 Å². The van der Waals surface area contributed by atoms with Gasteiger partial charge < -0.3 is 15.5 Å². The maximum atomic E-state index is 11.2. The third kappa shape index (κ3) is 4.34. The molecule has 0 aromatic heterocycles. The van der Waals surface area contributed by atoms with Gasteiger partial charge in [0.15, 0.2) is 0 Å². The summed E-state index contributed by atoms with van der Waals surface area (Å²) < 4.78 is 0. The SMILES string of the molecule is CC(=O)Nc1cc(O)c(C(=O)O)cc1N=Nc1ccc([N+](=O)[O-])cc1. The predicted molar refractivity (Wildman–Crippen MR) is 86.6 cm³/mol. The number of aromatic carboxylic acids is 1. The summed E-state index contributed by atoms with van der Waals surface area (Å²) >= 11 is 0. The molecule has 0 aliphatic heterocycles. The van der Waals surface area contributed by atoms with E-state index < -0.39 is 28.1 Å². The van der Waals surface area contributed by atoms with Crippen LogP contribution in [0.1, 0.15) is 17.3 Å². The summed E-state index contributed by atoms with van der Waals surface area (Å²) in [6, 6.07) is 7.30. The number of non-ortho nitro benzene ring substituents is 1. The maximum absolute atomic E-state index is 11.2. The van der Waals surface area contributed by atoms with Gasteiger partial charge in [-0.25, -0.2) is 4.79 Å². The summed E-state index contributed by atoms with van der Waals surface area (Å²) in [6.45, 7) is 1.24. The number of carboxylic acid groups (broad SMARTS) is 1. The fourth-order valence-electron chi connectivity index (χ4n) is 1.87. The Labute approximate surface area is 140 Å². The van der Waals surface area contributed by atoms with Gasteiger partial charge in [-0.3, -0.25) is 14.9 Å². The molecule has 2 aromatic rings. The van der Waals surface area contributed by atoms with Gasteiger partial charge in [0, 0.05) is 25.1 Å². The monoisotopic (exact) mass is 344 g/mol. The minimum Gasteiger partial charge on any atom is -0.507 e. The first-order valence-electron chi connectivity index (χ1n) is 6.82. The number of aromatic hydroxyl groups is 1. The number of anilines is 1. The molecule has 3 N–H and O–H groups in total. The average molecular weight is 344 g/mol. The molecule has 2 rings (SSSR count). The summed E-state index contributed by atoms with van der Waals surface area (Å²) in [6.07, 6.45) is 0. The molecular weight excluding hydrogens is 332 g/mol. The predicted octanol–water partition coefficient (Wildman–Crippen LogP) is 3.37. The van der Waals surface area contributed by atoms with Crippen molar-refractivity contribution < 1.29 is 24.7 Å². The van der Waals surface area contributed by atoms with E-state index in [1.807, 2.05) is 0 Å². The largest absolute Gasteiger partial charge is 0.507 e. The molecule has 10 heteroatoms. The van der Waals surface area contributed by atoms with Crippen LogP contribution in [-0.2, 0) is 4.79 Å². The van der Waals surface area contributed by atoms with Crippen molar-refractivity contribution in [2.24, 2.45) is 10.2 Å². The molecule has 0 atom stereocenters. The molecule has 0 heterocycles. The van der Waals surface area contributed by atoms with Gasteiger partial charge in [-0.2, -0.15) is 5.11 Å². The molecule has 0 saturated heterocycles. The third-order valence-corrected chi connectivity index (χ3v) is 2.99. The number of nitrogens with one attached hydrogen (secondary N) is 1. The summed E-state index contributed by atoms with van der Waals surface area (Å²) in [7, 11) is 0. The Hall–Kier alpha value is -3.82. The second kappa shape index (κ2) is 7.17. The average Bonchev–Trinajstić information content (AvgIpc) is 2.53. The number of azo groups is 1. The maximum Gasteiger partial charge on any atom is 0.339 e. The van der Waals surface area contributed by atoms with Crippen molar-refractivity contribution in [2.45, 2.75) is 6.92 Å². The summed E-state index contributed by atoms with van der Waals surface area (Å²) in [5.74, 6) is -2.36. The second-order valence-electron chi connectivity index (χ2n) is 4.85. The number of carbonyl (C=O) groups excluding carboxylic acids is 1. The van der Waals surface area contributed by atoms with E-state index in [-0.39, 0.29) is 22.7 Å². The number of phenols is 1. The Bertz CT molecular complexity index is 876. The van der Waals surface area contributed by atoms with Crippen molar-refractivity contribution in [3.05, 3.63) is 52.1 Å². The first kappa shape index (κ1) is 17.5. The molecule has 25 heavy (non-hydrogen) atoms. The molecule has 1 amide bonds. The van der Waals surface area contributed by atoms with Crippen LogP contribution >= 0.6 is 0 Å². The number of carboxylic acids is 1. The van der Waals surface area contributed by atoms with E-state index in [4.69, 9.17) is 5.11 Å². The molecule has 0 saturated carbocycles. The topological polar surface area (TPSA) is 154 Å². The normalized spacial score (nSPS) is 10.6. The Morgan fingerprint density at radius 3 is 2.32 bits per heavy atom. The fourth-order valence-corrected chi connectivity index (χ4v) is 1.87. The van der Waals surface area contributed by atoms with Gasteiger partial charge in [-0.15, -0.1) is 5.11 Å². The van der Waals surface area contributed by atoms with Crippen LogP contribution in [0.25, 0.3) is 0 Å². The van der Waals surface area contributed by atoms with Crippen LogP contribution in [0.4, 0.5) is 22.7 Å². The van der Waals surface area contributed by atoms with E-state index in [1.54, 1.807) is 0 Å². The van der Waals surface area contributed by atoms with E-state index in [0.717, 1.165) is 12.1 Å². The van der Waals surface area contributed by atoms with Crippen LogP contribution in [0.15, 0.2) is 46.6 Å². The van der Waals surface area contributed by atoms with Crippen molar-refractivity contribution in [3.8, 4) is 5.75 Å². The standard InChI is InChI=1S/C15H12N4O6/c1-8(20)16-12-7-14(21)11(15(22)23)6-13(12)18-17-9-2-4-10(5-3-9)19(24)25/h2-7,21H,1H3,(H,16,20)(H,22,23). The number of nitro benzene ring substituents is 1. The van der Waals surface area contributed by atoms with Crippen LogP contribution < -0.4 is 5.32 Å². The van der Waals surface area contributed by atoms with Gasteiger partial charge in [-0.1, -0.05) is 0 Å². The zero-order valence-corrected chi connectivity index (χ0v) is 12.8. The highest BCUT2D eigenvalue weighted by atomic mass is 16.6. The Balaban J connectivity index is 2.41. The summed E-state index contributed by atoms with van der Waals surface area (Å²) in [5, 5.41) is 39.5. The number of hydrogen-bond acceptors (Lipinski definition) is 7. The molecule has 128 valence electrons. The first-order valence-corrected chi connectivity index (χ1v) is 6.82. The lowest BCUT2D eigenvalue weighted by Crippen LogP contribution is -2.07. The minimum atomic E-state index is -1.38. The van der Waals surface area contributed by atoms with Crippen molar-refractivity contribution in [3.63, 3.8) is 0 Å². The molecular formula is C15H12N4O6. The molecule has 0 radical (unpaired) electrons. The van der Waals surface area contributed by atoms with Gasteiger partial charge in [0.1, 0.15) is 17.0 Å². The van der Waals surface area contributed by atoms with E-state index in [0.29, 0.717) is 0 Å². The van der Waals surface area contributed by atoms with Crippen LogP contribution in [-0.4, -0.2) is 27.0 Å². The van der Waals surface area contributed by atoms with Crippen LogP contribution in [0, 0.1) is 10.1 Å². The fraction of sp³-hybridized carbons (Fsp3) is 0.0667. The smallest absolute Gasteiger partial charge is 0.339 e. The van der Waals surface area contributed by atoms with E-state index >= 15 is 0 Å². The lowest BCUT2D eigenvalue weighted by Gasteiger charge is -2.08. The van der Waals surface area contributed by atoms with E-state index in [9.17, 15) is 24.8 Å². The number of amides is 1. The highest BCUT2D eigenvalue weighted by Crippen LogP contribution is 2.34. The highest BCUT2D eigenvalue weighted by Gasteiger charge is 2.15. The zero-order valence-electron chi connectivity index (χ0n) is 12.8. The zero-order chi connectivity index (χ0) is 18.6. The number of carbonyl (C=O) groups is 2. The van der Waals surface area contributed by atoms with Crippen molar-refractivity contribution in [2.75, 3.05) is 5.32 Å². The number of nitrogens with zero attached hydrogens (tertiary/aromatic N) is 3. The van der Waals surface area contributed by atoms with Gasteiger partial charge in [0.05, 0.1) is 16.3 Å². The Morgan fingerprint density at radius 1 is 1.16 bits per heavy atom. The van der Waals surface area contributed by atoms with Crippen molar-refractivity contribution in [1.29, 1.82) is 0 Å². The molecule has 0 aliphatic carbocycles. The van der Waals surface area contributed by atoms with Gasteiger partial charge in [0.2, 0.25) is 5.91 Å². The van der Waals surface area contributed by atoms with Gasteiger partial charge in [-0.05, 0) is 18.2 Å². The quantitative estimate of drug-likeness (QED) is 0.429. The molecule has 0 unspecified atom stereocenters. The van der Waals surface area contributed by atoms with Gasteiger partial charge in [0.25, 0.3) is 5.69 Å². The number of benzene rings is 2. The molecule has 0 bridgehead atoms. The molecule has 2 aromatic carbocycles. The Morgan fingerprint density at radius 2 is 1.80 bits per heavy atom. The van der Waals surface area contributed by atoms with E-state index in [1.165, 1.54) is 31.2 Å². The van der Waals surface area contributed by atoms with Gasteiger partial charge >= 0.3 is 5.97 Å². The van der Waals surface area contributed by atoms with Crippen molar-refractivity contribution in [1.82, 2.24) is 0 Å². The number of nitro groups is 1. The lowest BCUT2D eigenvalue weighted by molar-refractivity contribution is -0.384. The molecule has 0 fully saturated rings. The summed E-state index contributed by atoms with van der Waals surface area (Å²) in [5.41, 5.74) is -0.170. The number of rotatable bonds is 5. The molecule has 0 aliphatic rings. The number of hydrogen-bond donors (Lipinski definition) is 3. The third-order valence-electron chi connectivity index (χ3n) is 2.99. The first-order chi connectivity index (χ1) is 11.8. The highest BCUT2D eigenvalue weighted by molar-refractivity contribution is 5.97. The minimum absolute atomic E-state index is 0.00347. The molecule has 10 nitrogen and oxygen atoms in total. The molecule has 0 spiro atoms. The lowest BCUT2D eigenvalue weighted by atomic mass is 10.1. The second-order valence-corrected chi connectivity index (χ2v) is 4.85.